The second-order valence-electron chi connectivity index (χ2n) is 5.03. The summed E-state index contributed by atoms with van der Waals surface area (Å²) in [4.78, 5) is 12.4. The summed E-state index contributed by atoms with van der Waals surface area (Å²) in [5, 5.41) is 11.5. The van der Waals surface area contributed by atoms with Gasteiger partial charge in [-0.05, 0) is 38.1 Å². The Hall–Kier alpha value is -2.39. The molecule has 1 atom stereocenters. The number of rotatable bonds is 8. The number of nitrogens with two attached hydrogens (primary N) is 2. The van der Waals surface area contributed by atoms with Crippen LogP contribution in [-0.4, -0.2) is 36.4 Å². The minimum Gasteiger partial charge on any atom is -0.493 e. The summed E-state index contributed by atoms with van der Waals surface area (Å²) >= 11 is 1.24. The molecule has 0 fully saturated rings. The molecule has 1 aromatic carbocycles. The molecule has 2 rings (SSSR count). The molecule has 0 spiro atoms. The first-order valence-electron chi connectivity index (χ1n) is 7.45. The lowest BCUT2D eigenvalue weighted by Gasteiger charge is -2.14. The van der Waals surface area contributed by atoms with Gasteiger partial charge in [-0.2, -0.15) is 0 Å². The summed E-state index contributed by atoms with van der Waals surface area (Å²) in [5.74, 6) is 0.822. The van der Waals surface area contributed by atoms with Gasteiger partial charge in [0.25, 0.3) is 5.91 Å². The maximum absolute atomic E-state index is 12.4. The average molecular weight is 351 g/mol. The van der Waals surface area contributed by atoms with Gasteiger partial charge in [0.15, 0.2) is 11.5 Å². The van der Waals surface area contributed by atoms with Crippen molar-refractivity contribution in [3.8, 4) is 11.5 Å². The van der Waals surface area contributed by atoms with E-state index < -0.39 is 0 Å². The van der Waals surface area contributed by atoms with Gasteiger partial charge in [0, 0.05) is 5.56 Å². The van der Waals surface area contributed by atoms with Crippen LogP contribution in [0, 0.1) is 0 Å². The summed E-state index contributed by atoms with van der Waals surface area (Å²) in [5.41, 5.74) is 11.5. The zero-order valence-corrected chi connectivity index (χ0v) is 14.4. The van der Waals surface area contributed by atoms with Crippen molar-refractivity contribution in [1.82, 2.24) is 15.5 Å². The zero-order chi connectivity index (χ0) is 17.5. The molecule has 0 saturated carbocycles. The Kier molecular flexibility index (Phi) is 6.33. The molecule has 8 nitrogen and oxygen atoms in total. The highest BCUT2D eigenvalue weighted by Gasteiger charge is 2.17. The maximum atomic E-state index is 12.4. The number of hydrogen-bond donors (Lipinski definition) is 3. The summed E-state index contributed by atoms with van der Waals surface area (Å²) in [7, 11) is 1.55. The largest absolute Gasteiger partial charge is 0.493 e. The number of amides is 1. The molecule has 5 N–H and O–H groups in total. The first-order chi connectivity index (χ1) is 11.5. The molecule has 0 unspecified atom stereocenters. The second kappa shape index (κ2) is 8.46. The van der Waals surface area contributed by atoms with Crippen LogP contribution < -0.4 is 26.3 Å². The van der Waals surface area contributed by atoms with E-state index in [4.69, 9.17) is 20.9 Å². The van der Waals surface area contributed by atoms with Crippen molar-refractivity contribution in [3.63, 3.8) is 0 Å². The Labute approximate surface area is 144 Å². The Morgan fingerprint density at radius 1 is 1.38 bits per heavy atom. The normalized spacial score (nSPS) is 11.8. The van der Waals surface area contributed by atoms with Crippen molar-refractivity contribution in [3.05, 3.63) is 28.8 Å². The number of anilines is 1. The molecule has 1 amide bonds. The minimum absolute atomic E-state index is 0.248. The van der Waals surface area contributed by atoms with E-state index in [0.717, 1.165) is 6.42 Å². The van der Waals surface area contributed by atoms with Gasteiger partial charge in [-0.25, -0.2) is 0 Å². The van der Waals surface area contributed by atoms with Gasteiger partial charge in [-0.15, -0.1) is 10.2 Å². The Morgan fingerprint density at radius 2 is 2.17 bits per heavy atom. The van der Waals surface area contributed by atoms with Crippen molar-refractivity contribution in [1.29, 1.82) is 0 Å². The first-order valence-corrected chi connectivity index (χ1v) is 8.27. The van der Waals surface area contributed by atoms with Crippen LogP contribution in [0.3, 0.4) is 0 Å². The molecule has 130 valence electrons. The molecule has 0 bridgehead atoms. The Balaban J connectivity index is 2.09. The molecule has 24 heavy (non-hydrogen) atoms. The Morgan fingerprint density at radius 3 is 2.79 bits per heavy atom. The van der Waals surface area contributed by atoms with E-state index in [1.807, 2.05) is 6.92 Å². The monoisotopic (exact) mass is 351 g/mol. The van der Waals surface area contributed by atoms with Gasteiger partial charge in [0.05, 0.1) is 19.8 Å². The van der Waals surface area contributed by atoms with E-state index in [0.29, 0.717) is 40.4 Å². The lowest BCUT2D eigenvalue weighted by atomic mass is 10.1. The average Bonchev–Trinajstić information content (AvgIpc) is 3.01. The number of hydrogen-bond acceptors (Lipinski definition) is 8. The van der Waals surface area contributed by atoms with Crippen molar-refractivity contribution >= 4 is 22.4 Å². The minimum atomic E-state index is -0.295. The molecule has 0 saturated heterocycles. The number of nitrogens with one attached hydrogen (secondary N) is 1. The smallest absolute Gasteiger partial charge is 0.251 e. The number of aromatic nitrogens is 2. The predicted octanol–water partition coefficient (Wildman–Crippen LogP) is 1.35. The summed E-state index contributed by atoms with van der Waals surface area (Å²) < 4.78 is 10.9. The van der Waals surface area contributed by atoms with E-state index in [-0.39, 0.29) is 11.9 Å². The fraction of sp³-hybridized carbons (Fsp3) is 0.400. The zero-order valence-electron chi connectivity index (χ0n) is 13.6. The number of nitrogen functional groups attached to an aromatic ring is 1. The third kappa shape index (κ3) is 4.56. The van der Waals surface area contributed by atoms with Gasteiger partial charge >= 0.3 is 0 Å². The molecule has 1 heterocycles. The molecule has 2 aromatic rings. The van der Waals surface area contributed by atoms with E-state index >= 15 is 0 Å². The predicted molar refractivity (Wildman–Crippen MR) is 92.4 cm³/mol. The molecular formula is C15H21N5O3S. The van der Waals surface area contributed by atoms with Gasteiger partial charge < -0.3 is 26.3 Å². The van der Waals surface area contributed by atoms with Gasteiger partial charge in [0.1, 0.15) is 5.01 Å². The van der Waals surface area contributed by atoms with Gasteiger partial charge in [0.2, 0.25) is 5.13 Å². The number of methoxy groups -OCH3 is 1. The molecular weight excluding hydrogens is 330 g/mol. The van der Waals surface area contributed by atoms with Crippen LogP contribution in [-0.2, 0) is 0 Å². The molecule has 9 heteroatoms. The van der Waals surface area contributed by atoms with E-state index in [2.05, 4.69) is 15.5 Å². The van der Waals surface area contributed by atoms with Gasteiger partial charge in [-0.3, -0.25) is 4.79 Å². The van der Waals surface area contributed by atoms with Crippen LogP contribution >= 0.6 is 11.3 Å². The molecule has 1 aromatic heterocycles. The topological polar surface area (TPSA) is 125 Å². The first kappa shape index (κ1) is 18.0. The number of carbonyl (C=O) groups is 1. The quantitative estimate of drug-likeness (QED) is 0.613. The van der Waals surface area contributed by atoms with Crippen LogP contribution in [0.15, 0.2) is 18.2 Å². The SMILES string of the molecule is COc1ccc(C(=O)N[C@@H](C)c2nnc(N)s2)cc1OCCCN. The highest BCUT2D eigenvalue weighted by Crippen LogP contribution is 2.28. The van der Waals surface area contributed by atoms with E-state index in [9.17, 15) is 4.79 Å². The fourth-order valence-electron chi connectivity index (χ4n) is 1.96. The molecule has 0 radical (unpaired) electrons. The number of carbonyl (C=O) groups excluding carboxylic acids is 1. The van der Waals surface area contributed by atoms with Crippen molar-refractivity contribution in [2.24, 2.45) is 5.73 Å². The molecule has 0 aliphatic rings. The van der Waals surface area contributed by atoms with Crippen LogP contribution in [0.25, 0.3) is 0 Å². The van der Waals surface area contributed by atoms with Crippen LogP contribution in [0.4, 0.5) is 5.13 Å². The number of nitrogens with zero attached hydrogens (tertiary/aromatic N) is 2. The Bertz CT molecular complexity index is 691. The highest BCUT2D eigenvalue weighted by atomic mass is 32.1. The summed E-state index contributed by atoms with van der Waals surface area (Å²) in [6, 6.07) is 4.72. The molecule has 0 aliphatic heterocycles. The van der Waals surface area contributed by atoms with Gasteiger partial charge in [-0.1, -0.05) is 11.3 Å². The maximum Gasteiger partial charge on any atom is 0.251 e. The number of ether oxygens (including phenoxy) is 2. The third-order valence-corrected chi connectivity index (χ3v) is 4.14. The standard InChI is InChI=1S/C15H21N5O3S/c1-9(14-19-20-15(17)24-14)18-13(21)10-4-5-11(22-2)12(8-10)23-7-3-6-16/h4-5,8-9H,3,6-7,16H2,1-2H3,(H2,17,20)(H,18,21)/t9-/m0/s1. The van der Waals surface area contributed by atoms with Crippen molar-refractivity contribution < 1.29 is 14.3 Å². The summed E-state index contributed by atoms with van der Waals surface area (Å²) in [6.07, 6.45) is 0.717. The van der Waals surface area contributed by atoms with Crippen molar-refractivity contribution in [2.75, 3.05) is 26.0 Å². The molecule has 0 aliphatic carbocycles. The highest BCUT2D eigenvalue weighted by molar-refractivity contribution is 7.15. The number of benzene rings is 1. The fourth-order valence-corrected chi connectivity index (χ4v) is 2.57. The lowest BCUT2D eigenvalue weighted by Crippen LogP contribution is -2.26. The second-order valence-corrected chi connectivity index (χ2v) is 6.07. The third-order valence-electron chi connectivity index (χ3n) is 3.21. The van der Waals surface area contributed by atoms with Crippen LogP contribution in [0.2, 0.25) is 0 Å². The van der Waals surface area contributed by atoms with Crippen LogP contribution in [0.1, 0.15) is 34.8 Å². The van der Waals surface area contributed by atoms with E-state index in [1.165, 1.54) is 11.3 Å². The van der Waals surface area contributed by atoms with Crippen molar-refractivity contribution in [2.45, 2.75) is 19.4 Å². The van der Waals surface area contributed by atoms with E-state index in [1.54, 1.807) is 25.3 Å². The summed E-state index contributed by atoms with van der Waals surface area (Å²) in [6.45, 7) is 2.81. The van der Waals surface area contributed by atoms with Crippen LogP contribution in [0.5, 0.6) is 11.5 Å². The lowest BCUT2D eigenvalue weighted by molar-refractivity contribution is 0.0939.